The number of ether oxygens (including phenoxy) is 1. The number of nitrogens with zero attached hydrogens (tertiary/aromatic N) is 1. The van der Waals surface area contributed by atoms with E-state index in [2.05, 4.69) is 31.9 Å². The molecule has 0 saturated carbocycles. The molecule has 1 aliphatic heterocycles. The lowest BCUT2D eigenvalue weighted by Crippen LogP contribution is -2.27. The number of benzene rings is 4. The van der Waals surface area contributed by atoms with Crippen LogP contribution >= 0.6 is 55.8 Å². The number of thioether (sulfide) groups is 1. The summed E-state index contributed by atoms with van der Waals surface area (Å²) in [7, 11) is 0. The molecule has 0 aliphatic carbocycles. The Morgan fingerprint density at radius 3 is 2.43 bits per heavy atom. The van der Waals surface area contributed by atoms with Gasteiger partial charge in [-0.15, -0.1) is 0 Å². The molecule has 1 heterocycles. The molecule has 0 unspecified atom stereocenters. The third-order valence-corrected chi connectivity index (χ3v) is 7.93. The first-order chi connectivity index (χ1) is 16.9. The van der Waals surface area contributed by atoms with Crippen LogP contribution in [0.15, 0.2) is 92.7 Å². The number of anilines is 1. The zero-order valence-electron chi connectivity index (χ0n) is 18.0. The SMILES string of the molecule is O=C1/C(=C/c2cc(Br)c(OCc3ccccc3F)c(Br)c2)SC(=S)N1c1cccc2ccccc12. The van der Waals surface area contributed by atoms with Crippen LogP contribution in [0.2, 0.25) is 0 Å². The van der Waals surface area contributed by atoms with Gasteiger partial charge in [-0.3, -0.25) is 9.69 Å². The van der Waals surface area contributed by atoms with Crippen molar-refractivity contribution in [2.45, 2.75) is 6.61 Å². The first-order valence-electron chi connectivity index (χ1n) is 10.5. The van der Waals surface area contributed by atoms with E-state index in [1.807, 2.05) is 54.6 Å². The summed E-state index contributed by atoms with van der Waals surface area (Å²) in [5.41, 5.74) is 2.03. The van der Waals surface area contributed by atoms with E-state index in [1.54, 1.807) is 29.2 Å². The summed E-state index contributed by atoms with van der Waals surface area (Å²) in [6.45, 7) is 0.0902. The van der Waals surface area contributed by atoms with Gasteiger partial charge in [-0.25, -0.2) is 4.39 Å². The molecule has 4 aromatic rings. The van der Waals surface area contributed by atoms with E-state index in [-0.39, 0.29) is 18.3 Å². The molecule has 0 atom stereocenters. The van der Waals surface area contributed by atoms with Crippen molar-refractivity contribution in [1.29, 1.82) is 0 Å². The van der Waals surface area contributed by atoms with Crippen LogP contribution in [0, 0.1) is 5.82 Å². The first kappa shape index (κ1) is 24.2. The fourth-order valence-corrected chi connectivity index (χ4v) is 6.53. The van der Waals surface area contributed by atoms with E-state index in [9.17, 15) is 9.18 Å². The number of thiocarbonyl (C=S) groups is 1. The van der Waals surface area contributed by atoms with Gasteiger partial charge in [-0.2, -0.15) is 0 Å². The molecule has 35 heavy (non-hydrogen) atoms. The van der Waals surface area contributed by atoms with Crippen LogP contribution in [-0.2, 0) is 11.4 Å². The lowest BCUT2D eigenvalue weighted by Gasteiger charge is -2.17. The maximum absolute atomic E-state index is 13.9. The molecule has 0 aromatic heterocycles. The Balaban J connectivity index is 1.41. The summed E-state index contributed by atoms with van der Waals surface area (Å²) in [6, 6.07) is 24.0. The number of halogens is 3. The molecule has 8 heteroatoms. The number of hydrogen-bond donors (Lipinski definition) is 0. The largest absolute Gasteiger partial charge is 0.486 e. The van der Waals surface area contributed by atoms with Gasteiger partial charge in [0.2, 0.25) is 0 Å². The Hall–Kier alpha value is -2.52. The summed E-state index contributed by atoms with van der Waals surface area (Å²) in [4.78, 5) is 15.5. The Bertz CT molecular complexity index is 1490. The zero-order valence-corrected chi connectivity index (χ0v) is 22.8. The summed E-state index contributed by atoms with van der Waals surface area (Å²) < 4.78 is 21.6. The number of rotatable bonds is 5. The van der Waals surface area contributed by atoms with E-state index in [0.29, 0.717) is 29.5 Å². The smallest absolute Gasteiger partial charge is 0.270 e. The van der Waals surface area contributed by atoms with Crippen molar-refractivity contribution >= 4 is 88.6 Å². The van der Waals surface area contributed by atoms with Crippen LogP contribution in [0.25, 0.3) is 16.8 Å². The average molecular weight is 629 g/mol. The highest BCUT2D eigenvalue weighted by Crippen LogP contribution is 2.41. The van der Waals surface area contributed by atoms with E-state index in [4.69, 9.17) is 17.0 Å². The van der Waals surface area contributed by atoms with Crippen molar-refractivity contribution in [3.8, 4) is 5.75 Å². The molecule has 1 aliphatic rings. The lowest BCUT2D eigenvalue weighted by molar-refractivity contribution is -0.113. The van der Waals surface area contributed by atoms with Crippen LogP contribution < -0.4 is 9.64 Å². The molecular formula is C27H16Br2FNO2S2. The third-order valence-electron chi connectivity index (χ3n) is 5.45. The molecule has 1 fully saturated rings. The predicted molar refractivity (Wildman–Crippen MR) is 152 cm³/mol. The number of amides is 1. The average Bonchev–Trinajstić information content (AvgIpc) is 3.11. The Kier molecular flexibility index (Phi) is 7.07. The Morgan fingerprint density at radius 2 is 1.66 bits per heavy atom. The third kappa shape index (κ3) is 4.93. The predicted octanol–water partition coefficient (Wildman–Crippen LogP) is 8.49. The van der Waals surface area contributed by atoms with Crippen molar-refractivity contribution in [3.63, 3.8) is 0 Å². The standard InChI is InChI=1S/C27H16Br2FNO2S2/c28-20-12-16(13-21(29)25(20)33-15-18-7-2-4-10-22(18)30)14-24-26(32)31(27(34)35-24)23-11-5-8-17-6-1-3-9-19(17)23/h1-14H,15H2/b24-14-. The topological polar surface area (TPSA) is 29.5 Å². The van der Waals surface area contributed by atoms with Gasteiger partial charge in [0.25, 0.3) is 5.91 Å². The van der Waals surface area contributed by atoms with E-state index in [1.165, 1.54) is 17.8 Å². The minimum atomic E-state index is -0.315. The number of hydrogen-bond acceptors (Lipinski definition) is 4. The molecule has 0 radical (unpaired) electrons. The molecule has 174 valence electrons. The van der Waals surface area contributed by atoms with Gasteiger partial charge < -0.3 is 4.74 Å². The van der Waals surface area contributed by atoms with E-state index in [0.717, 1.165) is 22.0 Å². The first-order valence-corrected chi connectivity index (χ1v) is 13.3. The van der Waals surface area contributed by atoms with Gasteiger partial charge in [0.1, 0.15) is 18.2 Å². The molecule has 0 spiro atoms. The second-order valence-corrected chi connectivity index (χ2v) is 11.1. The monoisotopic (exact) mass is 627 g/mol. The van der Waals surface area contributed by atoms with Crippen LogP contribution in [0.4, 0.5) is 10.1 Å². The van der Waals surface area contributed by atoms with Gasteiger partial charge in [-0.1, -0.05) is 78.6 Å². The Labute approximate surface area is 228 Å². The van der Waals surface area contributed by atoms with Crippen molar-refractivity contribution in [2.24, 2.45) is 0 Å². The van der Waals surface area contributed by atoms with Crippen LogP contribution in [-0.4, -0.2) is 10.2 Å². The van der Waals surface area contributed by atoms with Crippen LogP contribution in [0.1, 0.15) is 11.1 Å². The molecule has 1 saturated heterocycles. The molecule has 0 N–H and O–H groups in total. The molecule has 4 aromatic carbocycles. The maximum atomic E-state index is 13.9. The summed E-state index contributed by atoms with van der Waals surface area (Å²) in [5.74, 6) is 0.0711. The van der Waals surface area contributed by atoms with Gasteiger partial charge in [0.15, 0.2) is 4.32 Å². The normalized spacial score (nSPS) is 14.8. The van der Waals surface area contributed by atoms with E-state index >= 15 is 0 Å². The van der Waals surface area contributed by atoms with Gasteiger partial charge in [-0.05, 0) is 73.2 Å². The highest BCUT2D eigenvalue weighted by molar-refractivity contribution is 9.11. The molecule has 5 rings (SSSR count). The molecule has 0 bridgehead atoms. The van der Waals surface area contributed by atoms with Gasteiger partial charge in [0, 0.05) is 10.9 Å². The minimum Gasteiger partial charge on any atom is -0.486 e. The second kappa shape index (κ2) is 10.2. The maximum Gasteiger partial charge on any atom is 0.270 e. The quantitative estimate of drug-likeness (QED) is 0.164. The lowest BCUT2D eigenvalue weighted by atomic mass is 10.1. The molecular weight excluding hydrogens is 613 g/mol. The minimum absolute atomic E-state index is 0.0902. The van der Waals surface area contributed by atoms with E-state index < -0.39 is 0 Å². The fourth-order valence-electron chi connectivity index (χ4n) is 3.80. The van der Waals surface area contributed by atoms with Crippen molar-refractivity contribution in [2.75, 3.05) is 4.90 Å². The highest BCUT2D eigenvalue weighted by Gasteiger charge is 2.34. The van der Waals surface area contributed by atoms with Gasteiger partial charge >= 0.3 is 0 Å². The van der Waals surface area contributed by atoms with Crippen molar-refractivity contribution < 1.29 is 13.9 Å². The van der Waals surface area contributed by atoms with Gasteiger partial charge in [0.05, 0.1) is 19.5 Å². The number of carbonyl (C=O) groups excluding carboxylic acids is 1. The van der Waals surface area contributed by atoms with Crippen LogP contribution in [0.5, 0.6) is 5.75 Å². The second-order valence-electron chi connectivity index (χ2n) is 7.71. The summed E-state index contributed by atoms with van der Waals surface area (Å²) >= 11 is 13.9. The Morgan fingerprint density at radius 1 is 0.971 bits per heavy atom. The number of fused-ring (bicyclic) bond motifs is 1. The summed E-state index contributed by atoms with van der Waals surface area (Å²) in [5, 5.41) is 2.01. The van der Waals surface area contributed by atoms with Crippen molar-refractivity contribution in [1.82, 2.24) is 0 Å². The highest BCUT2D eigenvalue weighted by atomic mass is 79.9. The van der Waals surface area contributed by atoms with Crippen LogP contribution in [0.3, 0.4) is 0 Å². The van der Waals surface area contributed by atoms with Crippen molar-refractivity contribution in [3.05, 3.63) is 110 Å². The number of carbonyl (C=O) groups is 1. The molecule has 1 amide bonds. The molecule has 3 nitrogen and oxygen atoms in total. The zero-order chi connectivity index (χ0) is 24.5. The summed E-state index contributed by atoms with van der Waals surface area (Å²) in [6.07, 6.45) is 1.81. The fraction of sp³-hybridized carbons (Fsp3) is 0.0370.